The van der Waals surface area contributed by atoms with Gasteiger partial charge in [0, 0.05) is 43.1 Å². The Kier molecular flexibility index (Phi) is 5.28. The monoisotopic (exact) mass is 426 g/mol. The van der Waals surface area contributed by atoms with Gasteiger partial charge >= 0.3 is 0 Å². The number of carbonyl (C=O) groups is 1. The van der Waals surface area contributed by atoms with E-state index in [0.29, 0.717) is 24.1 Å². The zero-order valence-electron chi connectivity index (χ0n) is 18.2. The highest BCUT2D eigenvalue weighted by Crippen LogP contribution is 2.38. The molecule has 5 rings (SSSR count). The maximum absolute atomic E-state index is 13.3. The fraction of sp³-hybridized carbons (Fsp3) is 0.346. The minimum atomic E-state index is 0.0354. The highest BCUT2D eigenvalue weighted by atomic mass is 16.3. The summed E-state index contributed by atoms with van der Waals surface area (Å²) in [5, 5.41) is 23.9. The highest BCUT2D eigenvalue weighted by Gasteiger charge is 2.40. The van der Waals surface area contributed by atoms with E-state index >= 15 is 0 Å². The topological polar surface area (TPSA) is 82.2 Å². The Balaban J connectivity index is 1.45. The molecule has 0 radical (unpaired) electrons. The number of fused-ring (bicyclic) bond motifs is 1. The first kappa shape index (κ1) is 20.5. The molecule has 162 valence electrons. The number of aliphatic hydroxyl groups excluding tert-OH is 1. The zero-order valence-corrected chi connectivity index (χ0v) is 18.2. The van der Waals surface area contributed by atoms with Crippen molar-refractivity contribution in [1.82, 2.24) is 14.7 Å². The van der Waals surface area contributed by atoms with Crippen LogP contribution < -0.4 is 0 Å². The molecule has 2 aliphatic rings. The van der Waals surface area contributed by atoms with Gasteiger partial charge in [-0.1, -0.05) is 18.6 Å². The molecule has 1 amide bonds. The molecule has 1 aliphatic heterocycles. The molecular weight excluding hydrogens is 400 g/mol. The fourth-order valence-electron chi connectivity index (χ4n) is 5.33. The summed E-state index contributed by atoms with van der Waals surface area (Å²) in [4.78, 5) is 15.3. The van der Waals surface area contributed by atoms with Crippen molar-refractivity contribution in [3.05, 3.63) is 82.2 Å². The number of hydrogen-bond acceptors (Lipinski definition) is 4. The van der Waals surface area contributed by atoms with E-state index in [-0.39, 0.29) is 24.5 Å². The minimum absolute atomic E-state index is 0.0354. The van der Waals surface area contributed by atoms with E-state index in [2.05, 4.69) is 11.2 Å². The van der Waals surface area contributed by atoms with Crippen molar-refractivity contribution in [3.8, 4) is 11.8 Å². The molecule has 1 fully saturated rings. The molecule has 1 aliphatic carbocycles. The Morgan fingerprint density at radius 1 is 1.25 bits per heavy atom. The Bertz CT molecular complexity index is 1190. The van der Waals surface area contributed by atoms with E-state index in [0.717, 1.165) is 47.2 Å². The molecule has 1 N–H and O–H groups in total. The second-order valence-electron chi connectivity index (χ2n) is 8.84. The van der Waals surface area contributed by atoms with Crippen LogP contribution in [0.1, 0.15) is 57.4 Å². The number of hydrogen-bond donors (Lipinski definition) is 1. The van der Waals surface area contributed by atoms with Crippen molar-refractivity contribution in [2.45, 2.75) is 45.2 Å². The molecule has 0 bridgehead atoms. The molecule has 6 nitrogen and oxygen atoms in total. The molecule has 0 unspecified atom stereocenters. The lowest BCUT2D eigenvalue weighted by Crippen LogP contribution is -2.39. The number of benzene rings is 2. The molecule has 2 heterocycles. The number of aliphatic hydroxyl groups is 1. The molecule has 0 saturated heterocycles. The fourth-order valence-corrected chi connectivity index (χ4v) is 5.33. The quantitative estimate of drug-likeness (QED) is 0.673. The van der Waals surface area contributed by atoms with Gasteiger partial charge in [0.1, 0.15) is 0 Å². The predicted molar refractivity (Wildman–Crippen MR) is 120 cm³/mol. The van der Waals surface area contributed by atoms with E-state index in [1.807, 2.05) is 54.4 Å². The van der Waals surface area contributed by atoms with Crippen LogP contribution in [0.2, 0.25) is 0 Å². The molecule has 3 aromatic rings. The van der Waals surface area contributed by atoms with Crippen LogP contribution in [-0.2, 0) is 13.0 Å². The van der Waals surface area contributed by atoms with Crippen molar-refractivity contribution in [2.75, 3.05) is 6.61 Å². The van der Waals surface area contributed by atoms with Gasteiger partial charge in [-0.2, -0.15) is 10.4 Å². The average molecular weight is 427 g/mol. The van der Waals surface area contributed by atoms with Crippen LogP contribution in [0, 0.1) is 24.2 Å². The summed E-state index contributed by atoms with van der Waals surface area (Å²) >= 11 is 0. The Labute approximate surface area is 187 Å². The lowest BCUT2D eigenvalue weighted by atomic mass is 9.91. The standard InChI is InChI=1S/C26H26N4O2/c1-17-23(14-27)20(12-18-6-8-21(9-7-18)30-11-3-10-28-30)13-22-24(17)15-29(26(22)32)25-5-2-4-19(25)16-31/h3,6-11,13,19,25,31H,2,4-5,12,15-16H2,1H3/t19-,25+/m1/s1. The first-order valence-corrected chi connectivity index (χ1v) is 11.2. The highest BCUT2D eigenvalue weighted by molar-refractivity contribution is 5.99. The maximum atomic E-state index is 13.3. The van der Waals surface area contributed by atoms with Crippen molar-refractivity contribution < 1.29 is 9.90 Å². The lowest BCUT2D eigenvalue weighted by Gasteiger charge is -2.28. The van der Waals surface area contributed by atoms with Crippen LogP contribution in [-0.4, -0.2) is 38.3 Å². The number of amides is 1. The van der Waals surface area contributed by atoms with Gasteiger partial charge in [0.25, 0.3) is 5.91 Å². The summed E-state index contributed by atoms with van der Waals surface area (Å²) in [6, 6.07) is 14.4. The van der Waals surface area contributed by atoms with Crippen LogP contribution >= 0.6 is 0 Å². The van der Waals surface area contributed by atoms with Crippen molar-refractivity contribution >= 4 is 5.91 Å². The largest absolute Gasteiger partial charge is 0.396 e. The van der Waals surface area contributed by atoms with E-state index < -0.39 is 0 Å². The normalized spacial score (nSPS) is 19.9. The predicted octanol–water partition coefficient (Wildman–Crippen LogP) is 3.76. The third-order valence-electron chi connectivity index (χ3n) is 7.08. The number of nitrogens with zero attached hydrogens (tertiary/aromatic N) is 4. The van der Waals surface area contributed by atoms with E-state index in [9.17, 15) is 15.2 Å². The number of nitriles is 1. The van der Waals surface area contributed by atoms with Gasteiger partial charge in [0.05, 0.1) is 17.3 Å². The molecule has 6 heteroatoms. The van der Waals surface area contributed by atoms with E-state index in [4.69, 9.17) is 0 Å². The number of aromatic nitrogens is 2. The first-order chi connectivity index (χ1) is 15.6. The molecule has 1 saturated carbocycles. The Morgan fingerprint density at radius 3 is 2.75 bits per heavy atom. The summed E-state index contributed by atoms with van der Waals surface area (Å²) < 4.78 is 1.81. The summed E-state index contributed by atoms with van der Waals surface area (Å²) in [5.74, 6) is 0.185. The number of carbonyl (C=O) groups excluding carboxylic acids is 1. The Hall–Kier alpha value is -3.43. The van der Waals surface area contributed by atoms with Gasteiger partial charge in [-0.25, -0.2) is 4.68 Å². The van der Waals surface area contributed by atoms with E-state index in [1.54, 1.807) is 10.9 Å². The molecular formula is C26H26N4O2. The maximum Gasteiger partial charge on any atom is 0.254 e. The van der Waals surface area contributed by atoms with Gasteiger partial charge in [-0.05, 0) is 72.7 Å². The molecule has 1 aromatic heterocycles. The third kappa shape index (κ3) is 3.39. The summed E-state index contributed by atoms with van der Waals surface area (Å²) in [6.07, 6.45) is 7.17. The molecule has 2 aromatic carbocycles. The second-order valence-corrected chi connectivity index (χ2v) is 8.84. The van der Waals surface area contributed by atoms with Crippen LogP contribution in [0.25, 0.3) is 5.69 Å². The molecule has 32 heavy (non-hydrogen) atoms. The number of rotatable bonds is 5. The van der Waals surface area contributed by atoms with Crippen molar-refractivity contribution in [3.63, 3.8) is 0 Å². The smallest absolute Gasteiger partial charge is 0.254 e. The lowest BCUT2D eigenvalue weighted by molar-refractivity contribution is 0.0612. The van der Waals surface area contributed by atoms with Crippen molar-refractivity contribution in [2.24, 2.45) is 5.92 Å². The van der Waals surface area contributed by atoms with Gasteiger partial charge in [-0.3, -0.25) is 4.79 Å². The van der Waals surface area contributed by atoms with Crippen LogP contribution in [0.15, 0.2) is 48.8 Å². The van der Waals surface area contributed by atoms with Crippen LogP contribution in [0.3, 0.4) is 0 Å². The summed E-state index contributed by atoms with van der Waals surface area (Å²) in [7, 11) is 0. The molecule has 0 spiro atoms. The Morgan fingerprint density at radius 2 is 2.06 bits per heavy atom. The summed E-state index contributed by atoms with van der Waals surface area (Å²) in [6.45, 7) is 2.61. The second kappa shape index (κ2) is 8.25. The first-order valence-electron chi connectivity index (χ1n) is 11.2. The van der Waals surface area contributed by atoms with Crippen molar-refractivity contribution in [1.29, 1.82) is 5.26 Å². The van der Waals surface area contributed by atoms with E-state index in [1.165, 1.54) is 0 Å². The molecule has 2 atom stereocenters. The van der Waals surface area contributed by atoms with Crippen LogP contribution in [0.5, 0.6) is 0 Å². The average Bonchev–Trinajstić information content (AvgIpc) is 3.55. The van der Waals surface area contributed by atoms with Crippen LogP contribution in [0.4, 0.5) is 0 Å². The summed E-state index contributed by atoms with van der Waals surface area (Å²) in [5.41, 5.74) is 6.19. The van der Waals surface area contributed by atoms with Gasteiger partial charge < -0.3 is 10.0 Å². The SMILES string of the molecule is Cc1c(C#N)c(Cc2ccc(-n3cccn3)cc2)cc2c1CN([C@H]1CCC[C@@H]1CO)C2=O. The van der Waals surface area contributed by atoms with Gasteiger partial charge in [0.15, 0.2) is 0 Å². The van der Waals surface area contributed by atoms with Gasteiger partial charge in [0.2, 0.25) is 0 Å². The third-order valence-corrected chi connectivity index (χ3v) is 7.08. The zero-order chi connectivity index (χ0) is 22.2. The minimum Gasteiger partial charge on any atom is -0.396 e. The van der Waals surface area contributed by atoms with Gasteiger partial charge in [-0.15, -0.1) is 0 Å².